The summed E-state index contributed by atoms with van der Waals surface area (Å²) in [6, 6.07) is 17.7. The number of halogens is 2. The van der Waals surface area contributed by atoms with Crippen LogP contribution in [0.15, 0.2) is 57.5 Å². The van der Waals surface area contributed by atoms with Gasteiger partial charge >= 0.3 is 0 Å². The first-order valence-electron chi connectivity index (χ1n) is 8.77. The maximum absolute atomic E-state index is 6.39. The highest BCUT2D eigenvalue weighted by Gasteiger charge is 2.48. The van der Waals surface area contributed by atoms with E-state index < -0.39 is 0 Å². The average Bonchev–Trinajstić information content (AvgIpc) is 3.38. The Kier molecular flexibility index (Phi) is 2.63. The van der Waals surface area contributed by atoms with E-state index >= 15 is 0 Å². The van der Waals surface area contributed by atoms with E-state index in [1.54, 1.807) is 0 Å². The fraction of sp³-hybridized carbons (Fsp3) is 0.182. The predicted molar refractivity (Wildman–Crippen MR) is 104 cm³/mol. The molecule has 4 heteroatoms. The Morgan fingerprint density at radius 1 is 0.500 bits per heavy atom. The zero-order valence-corrected chi connectivity index (χ0v) is 16.7. The maximum atomic E-state index is 6.39. The van der Waals surface area contributed by atoms with Gasteiger partial charge in [-0.25, -0.2) is 0 Å². The molecule has 0 saturated heterocycles. The molecule has 126 valence electrons. The third-order valence-corrected chi connectivity index (χ3v) is 8.06. The quantitative estimate of drug-likeness (QED) is 0.388. The van der Waals surface area contributed by atoms with E-state index in [9.17, 15) is 0 Å². The molecule has 0 fully saturated rings. The van der Waals surface area contributed by atoms with Crippen molar-refractivity contribution in [2.45, 2.75) is 24.4 Å². The fourth-order valence-electron chi connectivity index (χ4n) is 5.13. The first-order valence-corrected chi connectivity index (χ1v) is 10.4. The van der Waals surface area contributed by atoms with Gasteiger partial charge in [-0.2, -0.15) is 0 Å². The second-order valence-corrected chi connectivity index (χ2v) is 9.14. The number of rotatable bonds is 0. The summed E-state index contributed by atoms with van der Waals surface area (Å²) >= 11 is 7.26. The lowest BCUT2D eigenvalue weighted by Gasteiger charge is -2.21. The van der Waals surface area contributed by atoms with Gasteiger partial charge in [0.15, 0.2) is 0 Å². The van der Waals surface area contributed by atoms with Crippen molar-refractivity contribution in [1.82, 2.24) is 0 Å². The van der Waals surface area contributed by atoms with Crippen molar-refractivity contribution >= 4 is 31.9 Å². The molecule has 0 spiro atoms. The average molecular weight is 468 g/mol. The van der Waals surface area contributed by atoms with Crippen LogP contribution in [0.4, 0.5) is 0 Å². The van der Waals surface area contributed by atoms with Crippen LogP contribution in [-0.4, -0.2) is 0 Å². The lowest BCUT2D eigenvalue weighted by molar-refractivity contribution is 0.0818. The van der Waals surface area contributed by atoms with Gasteiger partial charge in [-0.3, -0.25) is 0 Å². The van der Waals surface area contributed by atoms with Crippen LogP contribution in [0.3, 0.4) is 0 Å². The molecule has 0 N–H and O–H groups in total. The maximum Gasteiger partial charge on any atom is 0.110 e. The molecule has 4 aliphatic rings. The van der Waals surface area contributed by atoms with Crippen molar-refractivity contribution in [2.24, 2.45) is 0 Å². The predicted octanol–water partition coefficient (Wildman–Crippen LogP) is 6.26. The van der Waals surface area contributed by atoms with Crippen molar-refractivity contribution in [3.8, 4) is 0 Å². The largest absolute Gasteiger partial charge is 0.356 e. The minimum absolute atomic E-state index is 0.0362. The first kappa shape index (κ1) is 14.6. The van der Waals surface area contributed by atoms with E-state index in [1.807, 2.05) is 0 Å². The van der Waals surface area contributed by atoms with Crippen LogP contribution in [0.1, 0.15) is 68.9 Å². The van der Waals surface area contributed by atoms with E-state index in [-0.39, 0.29) is 24.4 Å². The monoisotopic (exact) mass is 466 g/mol. The van der Waals surface area contributed by atoms with Gasteiger partial charge < -0.3 is 9.47 Å². The van der Waals surface area contributed by atoms with E-state index in [0.29, 0.717) is 0 Å². The van der Waals surface area contributed by atoms with Crippen LogP contribution in [0.2, 0.25) is 0 Å². The molecule has 0 aliphatic carbocycles. The standard InChI is InChI=1S/C22H12Br2O2/c23-17-7-15-16(8-18(17)24)22-14-6-12-11(5-13(14)21(15)26-22)19-9-3-1-2-4-10(9)20(12)25-19/h1-8,19-22H. The highest BCUT2D eigenvalue weighted by Crippen LogP contribution is 2.60. The summed E-state index contributed by atoms with van der Waals surface area (Å²) in [5.41, 5.74) is 10.5. The Hall–Kier alpha value is -1.46. The summed E-state index contributed by atoms with van der Waals surface area (Å²) in [6.07, 6.45) is 0.224. The first-order chi connectivity index (χ1) is 12.7. The molecule has 0 aromatic heterocycles. The number of ether oxygens (including phenoxy) is 2. The number of hydrogen-bond donors (Lipinski definition) is 0. The third kappa shape index (κ3) is 1.57. The highest BCUT2D eigenvalue weighted by atomic mass is 79.9. The van der Waals surface area contributed by atoms with Gasteiger partial charge in [0.25, 0.3) is 0 Å². The number of fused-ring (bicyclic) bond motifs is 16. The van der Waals surface area contributed by atoms with Crippen LogP contribution in [0.25, 0.3) is 0 Å². The van der Waals surface area contributed by atoms with Gasteiger partial charge in [0.05, 0.1) is 0 Å². The summed E-state index contributed by atoms with van der Waals surface area (Å²) in [6.45, 7) is 0. The van der Waals surface area contributed by atoms with Crippen molar-refractivity contribution < 1.29 is 9.47 Å². The summed E-state index contributed by atoms with van der Waals surface area (Å²) in [5.74, 6) is 0. The van der Waals surface area contributed by atoms with Crippen LogP contribution < -0.4 is 0 Å². The second kappa shape index (κ2) is 4.68. The summed E-state index contributed by atoms with van der Waals surface area (Å²) in [5, 5.41) is 0. The Morgan fingerprint density at radius 2 is 0.846 bits per heavy atom. The van der Waals surface area contributed by atoms with E-state index in [4.69, 9.17) is 9.47 Å². The molecule has 4 heterocycles. The molecule has 4 aliphatic heterocycles. The molecule has 4 bridgehead atoms. The van der Waals surface area contributed by atoms with Crippen LogP contribution in [0.5, 0.6) is 0 Å². The zero-order chi connectivity index (χ0) is 17.2. The van der Waals surface area contributed by atoms with Crippen molar-refractivity contribution in [3.05, 3.63) is 102 Å². The summed E-state index contributed by atoms with van der Waals surface area (Å²) < 4.78 is 14.9. The third-order valence-electron chi connectivity index (χ3n) is 6.21. The lowest BCUT2D eigenvalue weighted by Crippen LogP contribution is -2.09. The Labute approximate surface area is 167 Å². The van der Waals surface area contributed by atoms with Crippen LogP contribution >= 0.6 is 31.9 Å². The normalized spacial score (nSPS) is 28.1. The second-order valence-electron chi connectivity index (χ2n) is 7.43. The van der Waals surface area contributed by atoms with Gasteiger partial charge in [-0.1, -0.05) is 24.3 Å². The highest BCUT2D eigenvalue weighted by molar-refractivity contribution is 9.13. The molecule has 7 rings (SSSR count). The molecule has 0 amide bonds. The molecule has 3 aromatic carbocycles. The molecule has 3 aromatic rings. The molecule has 4 atom stereocenters. The Bertz CT molecular complexity index is 1070. The number of benzene rings is 3. The summed E-state index contributed by atoms with van der Waals surface area (Å²) in [4.78, 5) is 0. The van der Waals surface area contributed by atoms with E-state index in [0.717, 1.165) is 8.95 Å². The van der Waals surface area contributed by atoms with Crippen LogP contribution in [-0.2, 0) is 9.47 Å². The van der Waals surface area contributed by atoms with Gasteiger partial charge in [0.1, 0.15) is 24.4 Å². The topological polar surface area (TPSA) is 18.5 Å². The Morgan fingerprint density at radius 3 is 1.27 bits per heavy atom. The summed E-state index contributed by atoms with van der Waals surface area (Å²) in [7, 11) is 0. The number of hydrogen-bond acceptors (Lipinski definition) is 2. The van der Waals surface area contributed by atoms with Gasteiger partial charge in [0, 0.05) is 8.95 Å². The smallest absolute Gasteiger partial charge is 0.110 e. The molecule has 26 heavy (non-hydrogen) atoms. The van der Waals surface area contributed by atoms with Gasteiger partial charge in [-0.15, -0.1) is 0 Å². The Balaban J connectivity index is 1.43. The van der Waals surface area contributed by atoms with Crippen molar-refractivity contribution in [3.63, 3.8) is 0 Å². The fourth-order valence-corrected chi connectivity index (χ4v) is 5.85. The van der Waals surface area contributed by atoms with Crippen LogP contribution in [0, 0.1) is 0 Å². The minimum Gasteiger partial charge on any atom is -0.356 e. The molecular formula is C22H12Br2O2. The molecule has 0 radical (unpaired) electrons. The SMILES string of the molecule is Brc1cc2c(cc1Br)C1OC2c2cc3c(cc21)C1OC3c2ccccc21. The van der Waals surface area contributed by atoms with E-state index in [2.05, 4.69) is 80.4 Å². The lowest BCUT2D eigenvalue weighted by atomic mass is 9.79. The molecule has 2 nitrogen and oxygen atoms in total. The molecular weight excluding hydrogens is 456 g/mol. The van der Waals surface area contributed by atoms with Gasteiger partial charge in [-0.05, 0) is 101 Å². The van der Waals surface area contributed by atoms with E-state index in [1.165, 1.54) is 44.5 Å². The van der Waals surface area contributed by atoms with Crippen molar-refractivity contribution in [2.75, 3.05) is 0 Å². The van der Waals surface area contributed by atoms with Gasteiger partial charge in [0.2, 0.25) is 0 Å². The zero-order valence-electron chi connectivity index (χ0n) is 13.5. The van der Waals surface area contributed by atoms with Crippen molar-refractivity contribution in [1.29, 1.82) is 0 Å². The molecule has 0 saturated carbocycles. The molecule has 4 unspecified atom stereocenters. The minimum atomic E-state index is 0.0362.